The molecule has 0 heterocycles. The molecule has 7 rings (SSSR count). The Morgan fingerprint density at radius 1 is 1.02 bits per heavy atom. The van der Waals surface area contributed by atoms with Crippen LogP contribution in [0.15, 0.2) is 12.1 Å². The highest BCUT2D eigenvalue weighted by atomic mass is 16.5. The SMILES string of the molecule is COc1cc(C#N)c(O[C@H]2CC[C@@](C)(C(=O)O)CC2)cc1C(=O)N[C@@H]1[C@H]2CC[C@H](C2)[C@@H]1C(=O)NC12CC(C)(C1)C2. The monoisotopic (exact) mass is 549 g/mol. The molecule has 0 spiro atoms. The summed E-state index contributed by atoms with van der Waals surface area (Å²) in [6.45, 7) is 4.02. The molecule has 4 bridgehead atoms. The van der Waals surface area contributed by atoms with E-state index in [2.05, 4.69) is 23.6 Å². The van der Waals surface area contributed by atoms with Gasteiger partial charge in [-0.05, 0) is 94.4 Å². The average Bonchev–Trinajstić information content (AvgIpc) is 3.50. The first-order valence-electron chi connectivity index (χ1n) is 14.6. The molecule has 9 nitrogen and oxygen atoms in total. The molecule has 214 valence electrons. The second-order valence-electron chi connectivity index (χ2n) is 13.8. The van der Waals surface area contributed by atoms with Gasteiger partial charge >= 0.3 is 5.97 Å². The van der Waals surface area contributed by atoms with E-state index in [1.54, 1.807) is 13.0 Å². The highest BCUT2D eigenvalue weighted by molar-refractivity contribution is 5.98. The molecule has 9 heteroatoms. The molecule has 6 saturated carbocycles. The van der Waals surface area contributed by atoms with Crippen LogP contribution in [0, 0.1) is 39.9 Å². The minimum absolute atomic E-state index is 0.0359. The third kappa shape index (κ3) is 4.40. The molecule has 0 unspecified atom stereocenters. The molecule has 6 fully saturated rings. The number of aliphatic carboxylic acids is 1. The fraction of sp³-hybridized carbons (Fsp3) is 0.677. The van der Waals surface area contributed by atoms with Crippen LogP contribution < -0.4 is 20.1 Å². The highest BCUT2D eigenvalue weighted by Crippen LogP contribution is 2.67. The molecule has 4 atom stereocenters. The number of methoxy groups -OCH3 is 1. The summed E-state index contributed by atoms with van der Waals surface area (Å²) in [6.07, 6.45) is 7.90. The van der Waals surface area contributed by atoms with E-state index in [-0.39, 0.29) is 69.9 Å². The van der Waals surface area contributed by atoms with E-state index in [1.165, 1.54) is 13.2 Å². The van der Waals surface area contributed by atoms with Gasteiger partial charge in [0.25, 0.3) is 5.91 Å². The molecule has 1 aromatic carbocycles. The molecule has 0 saturated heterocycles. The lowest BCUT2D eigenvalue weighted by Crippen LogP contribution is -2.74. The second-order valence-corrected chi connectivity index (χ2v) is 13.8. The molecular weight excluding hydrogens is 510 g/mol. The number of carboxylic acids is 1. The van der Waals surface area contributed by atoms with Crippen molar-refractivity contribution in [3.8, 4) is 17.6 Å². The highest BCUT2D eigenvalue weighted by Gasteiger charge is 2.66. The van der Waals surface area contributed by atoms with Gasteiger partial charge in [0, 0.05) is 17.6 Å². The van der Waals surface area contributed by atoms with E-state index in [0.717, 1.165) is 38.5 Å². The van der Waals surface area contributed by atoms with Gasteiger partial charge in [-0.3, -0.25) is 14.4 Å². The summed E-state index contributed by atoms with van der Waals surface area (Å²) in [6, 6.07) is 4.96. The number of carbonyl (C=O) groups excluding carboxylic acids is 2. The van der Waals surface area contributed by atoms with E-state index < -0.39 is 11.4 Å². The first-order chi connectivity index (χ1) is 19.0. The number of amides is 2. The summed E-state index contributed by atoms with van der Waals surface area (Å²) >= 11 is 0. The minimum Gasteiger partial charge on any atom is -0.496 e. The molecule has 6 aliphatic carbocycles. The van der Waals surface area contributed by atoms with Crippen LogP contribution in [-0.4, -0.2) is 47.7 Å². The third-order valence-corrected chi connectivity index (χ3v) is 10.7. The summed E-state index contributed by atoms with van der Waals surface area (Å²) in [7, 11) is 1.46. The Labute approximate surface area is 235 Å². The summed E-state index contributed by atoms with van der Waals surface area (Å²) < 4.78 is 11.7. The quantitative estimate of drug-likeness (QED) is 0.442. The Morgan fingerprint density at radius 2 is 1.70 bits per heavy atom. The van der Waals surface area contributed by atoms with Crippen molar-refractivity contribution in [1.29, 1.82) is 5.26 Å². The standard InChI is InChI=1S/C31H39N3O6/c1-29-14-31(15-29,16-29)34-27(36)24-17-4-5-18(10-17)25(24)33-26(35)21-12-22(19(13-32)11-23(21)39-3)40-20-6-8-30(2,9-7-20)28(37)38/h11-12,17-18,20,24-25H,4-10,14-16H2,1-3H3,(H,33,35)(H,34,36)(H,37,38)/t17-,18+,20-,24+,25-,29?,30+,31?/m1/s1. The van der Waals surface area contributed by atoms with Gasteiger partial charge in [0.05, 0.1) is 35.7 Å². The zero-order valence-electron chi connectivity index (χ0n) is 23.5. The number of nitrogens with zero attached hydrogens (tertiary/aromatic N) is 1. The van der Waals surface area contributed by atoms with Crippen molar-refractivity contribution in [3.05, 3.63) is 23.3 Å². The smallest absolute Gasteiger partial charge is 0.309 e. The number of nitrogens with one attached hydrogen (secondary N) is 2. The van der Waals surface area contributed by atoms with Crippen LogP contribution in [0.5, 0.6) is 11.5 Å². The largest absolute Gasteiger partial charge is 0.496 e. The maximum absolute atomic E-state index is 13.7. The molecule has 2 amide bonds. The summed E-state index contributed by atoms with van der Waals surface area (Å²) in [5.74, 6) is -0.216. The molecule has 40 heavy (non-hydrogen) atoms. The lowest BCUT2D eigenvalue weighted by atomic mass is 9.40. The Kier molecular flexibility index (Phi) is 6.32. The first kappa shape index (κ1) is 26.9. The fourth-order valence-electron chi connectivity index (χ4n) is 8.71. The number of carbonyl (C=O) groups is 3. The van der Waals surface area contributed by atoms with Crippen molar-refractivity contribution in [2.24, 2.45) is 28.6 Å². The van der Waals surface area contributed by atoms with Crippen LogP contribution in [0.4, 0.5) is 0 Å². The normalized spacial score (nSPS) is 38.8. The Balaban J connectivity index is 1.18. The number of nitriles is 1. The topological polar surface area (TPSA) is 138 Å². The van der Waals surface area contributed by atoms with Crippen molar-refractivity contribution in [2.75, 3.05) is 7.11 Å². The number of carboxylic acid groups (broad SMARTS) is 1. The van der Waals surface area contributed by atoms with Crippen molar-refractivity contribution in [3.63, 3.8) is 0 Å². The van der Waals surface area contributed by atoms with Crippen LogP contribution >= 0.6 is 0 Å². The molecule has 6 aliphatic rings. The van der Waals surface area contributed by atoms with Gasteiger partial charge in [-0.25, -0.2) is 0 Å². The van der Waals surface area contributed by atoms with Crippen LogP contribution in [0.25, 0.3) is 0 Å². The lowest BCUT2D eigenvalue weighted by molar-refractivity contribution is -0.160. The maximum Gasteiger partial charge on any atom is 0.309 e. The van der Waals surface area contributed by atoms with Crippen molar-refractivity contribution >= 4 is 17.8 Å². The van der Waals surface area contributed by atoms with E-state index in [1.807, 2.05) is 0 Å². The third-order valence-electron chi connectivity index (χ3n) is 10.7. The van der Waals surface area contributed by atoms with E-state index in [9.17, 15) is 24.8 Å². The Bertz CT molecular complexity index is 1270. The Hall–Kier alpha value is -3.28. The van der Waals surface area contributed by atoms with Gasteiger partial charge in [-0.2, -0.15) is 5.26 Å². The van der Waals surface area contributed by atoms with Crippen LogP contribution in [0.2, 0.25) is 0 Å². The molecule has 0 radical (unpaired) electrons. The zero-order valence-corrected chi connectivity index (χ0v) is 23.5. The van der Waals surface area contributed by atoms with Crippen LogP contribution in [-0.2, 0) is 9.59 Å². The van der Waals surface area contributed by atoms with E-state index in [0.29, 0.717) is 31.1 Å². The number of hydrogen-bond donors (Lipinski definition) is 3. The summed E-state index contributed by atoms with van der Waals surface area (Å²) in [5, 5.41) is 25.8. The summed E-state index contributed by atoms with van der Waals surface area (Å²) in [4.78, 5) is 38.8. The van der Waals surface area contributed by atoms with E-state index >= 15 is 0 Å². The number of ether oxygens (including phenoxy) is 2. The van der Waals surface area contributed by atoms with Gasteiger partial charge in [0.15, 0.2) is 0 Å². The van der Waals surface area contributed by atoms with Crippen molar-refractivity contribution < 1.29 is 29.0 Å². The predicted octanol–water partition coefficient (Wildman–Crippen LogP) is 4.18. The maximum atomic E-state index is 13.7. The predicted molar refractivity (Wildman–Crippen MR) is 145 cm³/mol. The van der Waals surface area contributed by atoms with Crippen LogP contribution in [0.3, 0.4) is 0 Å². The molecule has 3 N–H and O–H groups in total. The van der Waals surface area contributed by atoms with Gasteiger partial charge in [0.1, 0.15) is 17.6 Å². The first-order valence-corrected chi connectivity index (χ1v) is 14.6. The second kappa shape index (κ2) is 9.39. The van der Waals surface area contributed by atoms with Crippen LogP contribution in [0.1, 0.15) is 94.0 Å². The minimum atomic E-state index is -0.807. The number of rotatable bonds is 8. The number of benzene rings is 1. The molecular formula is C31H39N3O6. The summed E-state index contributed by atoms with van der Waals surface area (Å²) in [5.41, 5.74) is 0.102. The average molecular weight is 550 g/mol. The molecule has 1 aromatic rings. The molecule has 0 aliphatic heterocycles. The fourth-order valence-corrected chi connectivity index (χ4v) is 8.71. The van der Waals surface area contributed by atoms with Gasteiger partial charge in [-0.1, -0.05) is 6.92 Å². The van der Waals surface area contributed by atoms with Crippen molar-refractivity contribution in [1.82, 2.24) is 10.6 Å². The lowest BCUT2D eigenvalue weighted by Gasteiger charge is -2.69. The Morgan fingerprint density at radius 3 is 2.30 bits per heavy atom. The zero-order chi connectivity index (χ0) is 28.4. The van der Waals surface area contributed by atoms with Crippen molar-refractivity contribution in [2.45, 2.75) is 95.7 Å². The van der Waals surface area contributed by atoms with Gasteiger partial charge in [0.2, 0.25) is 5.91 Å². The van der Waals surface area contributed by atoms with E-state index in [4.69, 9.17) is 9.47 Å². The molecule has 0 aromatic heterocycles. The number of fused-ring (bicyclic) bond motifs is 2. The number of hydrogen-bond acceptors (Lipinski definition) is 6. The van der Waals surface area contributed by atoms with Gasteiger partial charge in [-0.15, -0.1) is 0 Å². The van der Waals surface area contributed by atoms with Gasteiger partial charge < -0.3 is 25.2 Å².